The molecule has 14 aromatic carbocycles. The van der Waals surface area contributed by atoms with Crippen LogP contribution in [0.2, 0.25) is 25.1 Å². The van der Waals surface area contributed by atoms with Crippen molar-refractivity contribution < 1.29 is 88.7 Å². The van der Waals surface area contributed by atoms with Crippen LogP contribution in [0.1, 0.15) is 119 Å². The number of ether oxygens (including phenoxy) is 2. The van der Waals surface area contributed by atoms with Gasteiger partial charge in [0.05, 0.1) is 66.1 Å². The van der Waals surface area contributed by atoms with Crippen LogP contribution in [0.15, 0.2) is 376 Å². The van der Waals surface area contributed by atoms with Crippen LogP contribution in [0, 0.1) is 3.57 Å². The number of sulfonamides is 5. The van der Waals surface area contributed by atoms with Crippen LogP contribution < -0.4 is 38.4 Å². The fourth-order valence-electron chi connectivity index (χ4n) is 13.8. The average Bonchev–Trinajstić information content (AvgIpc) is 1.64. The third-order valence-electron chi connectivity index (χ3n) is 20.9. The quantitative estimate of drug-likeness (QED) is 0.0168. The highest BCUT2D eigenvalue weighted by Crippen LogP contribution is 2.39. The first-order valence-corrected chi connectivity index (χ1v) is 54.9. The number of nitrogens with one attached hydrogen (secondary N) is 6. The number of halogens is 9. The van der Waals surface area contributed by atoms with Gasteiger partial charge in [-0.1, -0.05) is 211 Å². The van der Waals surface area contributed by atoms with E-state index in [1.165, 1.54) is 147 Å². The van der Waals surface area contributed by atoms with Gasteiger partial charge in [0.2, 0.25) is 0 Å². The molecule has 0 saturated heterocycles. The van der Waals surface area contributed by atoms with Crippen molar-refractivity contribution in [2.24, 2.45) is 7.05 Å². The molecule has 16 aromatic rings. The average molecular weight is 2300 g/mol. The first kappa shape index (κ1) is 111. The monoisotopic (exact) mass is 2290 g/mol. The Bertz CT molecular complexity index is 8070. The number of alkyl halides is 3. The topological polar surface area (TPSA) is 365 Å². The predicted molar refractivity (Wildman–Crippen MR) is 577 cm³/mol. The molecule has 40 heteroatoms. The van der Waals surface area contributed by atoms with Crippen molar-refractivity contribution in [3.63, 3.8) is 0 Å². The van der Waals surface area contributed by atoms with Crippen molar-refractivity contribution in [3.8, 4) is 22.1 Å². The molecular formula is C106H87Cl5F3IN8O17S6. The van der Waals surface area contributed by atoms with Crippen LogP contribution in [-0.4, -0.2) is 101 Å². The van der Waals surface area contributed by atoms with Gasteiger partial charge in [-0.3, -0.25) is 52.3 Å². The molecule has 2 heterocycles. The van der Waals surface area contributed by atoms with Crippen molar-refractivity contribution in [1.29, 1.82) is 0 Å². The summed E-state index contributed by atoms with van der Waals surface area (Å²) in [4.78, 5) is 65.1. The van der Waals surface area contributed by atoms with Crippen LogP contribution in [0.5, 0.6) is 11.5 Å². The van der Waals surface area contributed by atoms with Crippen LogP contribution in [-0.2, 0) is 69.8 Å². The Kier molecular flexibility index (Phi) is 37.8. The summed E-state index contributed by atoms with van der Waals surface area (Å²) in [5, 5.41) is 8.60. The van der Waals surface area contributed by atoms with Gasteiger partial charge >= 0.3 is 6.18 Å². The third-order valence-corrected chi connectivity index (χ3v) is 31.3. The molecule has 2 aromatic heterocycles. The van der Waals surface area contributed by atoms with E-state index in [1.807, 2.05) is 33.8 Å². The van der Waals surface area contributed by atoms with Gasteiger partial charge in [-0.25, -0.2) is 42.1 Å². The summed E-state index contributed by atoms with van der Waals surface area (Å²) in [5.74, 6) is -0.574. The number of aryl methyl sites for hydroxylation is 2. The van der Waals surface area contributed by atoms with Crippen LogP contribution >= 0.6 is 91.9 Å². The molecule has 0 atom stereocenters. The van der Waals surface area contributed by atoms with E-state index in [1.54, 1.807) is 200 Å². The smallest absolute Gasteiger partial charge is 0.433 e. The Morgan fingerprint density at radius 1 is 0.377 bits per heavy atom. The van der Waals surface area contributed by atoms with E-state index in [-0.39, 0.29) is 119 Å². The molecule has 0 saturated carbocycles. The molecule has 0 spiro atoms. The van der Waals surface area contributed by atoms with Crippen molar-refractivity contribution in [2.45, 2.75) is 70.2 Å². The second-order valence-corrected chi connectivity index (χ2v) is 44.8. The number of carbonyl (C=O) groups excluding carboxylic acids is 5. The number of ketones is 5. The summed E-state index contributed by atoms with van der Waals surface area (Å²) in [5.41, 5.74) is 4.54. The minimum absolute atomic E-state index is 0.00562. The van der Waals surface area contributed by atoms with Crippen LogP contribution in [0.3, 0.4) is 0 Å². The van der Waals surface area contributed by atoms with Gasteiger partial charge in [-0.15, -0.1) is 11.3 Å². The van der Waals surface area contributed by atoms with Gasteiger partial charge in [-0.05, 0) is 262 Å². The predicted octanol–water partition coefficient (Wildman–Crippen LogP) is 25.7. The summed E-state index contributed by atoms with van der Waals surface area (Å²) < 4.78 is 192. The molecule has 0 unspecified atom stereocenters. The van der Waals surface area contributed by atoms with Gasteiger partial charge in [0.25, 0.3) is 50.1 Å². The number of carbonyl (C=O) groups is 5. The number of anilines is 6. The number of nitrogens with zero attached hydrogens (tertiary/aromatic N) is 2. The molecule has 16 rings (SSSR count). The minimum Gasteiger partial charge on any atom is -0.497 e. The summed E-state index contributed by atoms with van der Waals surface area (Å²) in [6, 6.07) is 91.8. The molecule has 0 radical (unpaired) electrons. The molecule has 6 N–H and O–H groups in total. The van der Waals surface area contributed by atoms with E-state index >= 15 is 0 Å². The lowest BCUT2D eigenvalue weighted by Crippen LogP contribution is -2.16. The number of rotatable bonds is 32. The maximum atomic E-state index is 13.1. The highest BCUT2D eigenvalue weighted by molar-refractivity contribution is 14.1. The molecule has 752 valence electrons. The first-order valence-electron chi connectivity index (χ1n) is 43.7. The lowest BCUT2D eigenvalue weighted by molar-refractivity contribution is -0.143. The highest BCUT2D eigenvalue weighted by Gasteiger charge is 2.36. The molecule has 0 aliphatic rings. The standard InChI is InChI=1S/C22H15ClF3N3O3S2.C22H20INO4S.C21H17Cl2NO3S.C21H19ClN2O3S.C20H16ClNO4S/c1-29-19(22(24,25)26)12-17(27-29)18-9-10-20(33-18)34(31,32)28-16-8-7-14(23)11-15(16)21(30)13-5-3-2-4-6-13;1-15(2)28-18-9-11-19(12-10-18)29(26,27)24-21-13-8-17(23)14-20(21)22(25)16-6-4-3-5-7-16;1-2-14-6-9-18(10-7-14)28(26,27)24-20-11-8-17(23)13-19(20)21(25)15-4-3-5-16(22)12-15;1-2-23-17-9-11-18(12-10-17)28(26,27)24-20-13-8-16(22)14-19(20)21(25)15-6-4-3-5-7-15;1-26-16-8-10-17(11-9-16)27(24,25)22-19-12-7-15(21)13-18(19)20(23)14-5-3-2-4-6-14/h2-12,28H,1H3;3-15,24H,1-2H3;3-13,24H,2H2,1H3;3-14,23-24H,2H2,1H3;2-13,22H,1H3. The van der Waals surface area contributed by atoms with Gasteiger partial charge < -0.3 is 14.8 Å². The van der Waals surface area contributed by atoms with Crippen molar-refractivity contribution in [3.05, 3.63) is 447 Å². The van der Waals surface area contributed by atoms with Gasteiger partial charge in [0.1, 0.15) is 27.1 Å². The summed E-state index contributed by atoms with van der Waals surface area (Å²) in [7, 11) is -17.0. The first-order chi connectivity index (χ1) is 69.3. The molecular weight excluding hydrogens is 2210 g/mol. The molecule has 0 aliphatic carbocycles. The summed E-state index contributed by atoms with van der Waals surface area (Å²) in [6.45, 7) is 8.48. The van der Waals surface area contributed by atoms with Crippen molar-refractivity contribution in [2.75, 3.05) is 42.6 Å². The largest absolute Gasteiger partial charge is 0.497 e. The normalized spacial score (nSPS) is 11.4. The number of thiophene rings is 1. The lowest BCUT2D eigenvalue weighted by Gasteiger charge is -2.14. The molecule has 146 heavy (non-hydrogen) atoms. The minimum atomic E-state index is -4.59. The van der Waals surface area contributed by atoms with E-state index in [4.69, 9.17) is 67.5 Å². The lowest BCUT2D eigenvalue weighted by atomic mass is 10.0. The van der Waals surface area contributed by atoms with Crippen molar-refractivity contribution >= 4 is 205 Å². The van der Waals surface area contributed by atoms with Crippen LogP contribution in [0.4, 0.5) is 47.3 Å². The van der Waals surface area contributed by atoms with E-state index in [9.17, 15) is 79.2 Å². The van der Waals surface area contributed by atoms with Crippen LogP contribution in [0.25, 0.3) is 10.6 Å². The van der Waals surface area contributed by atoms with Crippen molar-refractivity contribution in [1.82, 2.24) is 9.78 Å². The number of hydrogen-bond acceptors (Lipinski definition) is 20. The van der Waals surface area contributed by atoms with E-state index < -0.39 is 67.8 Å². The maximum Gasteiger partial charge on any atom is 0.433 e. The van der Waals surface area contributed by atoms with Gasteiger partial charge in [0.15, 0.2) is 28.9 Å². The number of hydrogen-bond donors (Lipinski definition) is 6. The van der Waals surface area contributed by atoms with Gasteiger partial charge in [-0.2, -0.15) is 18.3 Å². The number of benzene rings is 14. The zero-order chi connectivity index (χ0) is 106. The summed E-state index contributed by atoms with van der Waals surface area (Å²) >= 11 is 33.0. The number of methoxy groups -OCH3 is 1. The summed E-state index contributed by atoms with van der Waals surface area (Å²) in [6.07, 6.45) is -3.79. The zero-order valence-electron chi connectivity index (χ0n) is 77.7. The Morgan fingerprint density at radius 3 is 1.03 bits per heavy atom. The van der Waals surface area contributed by atoms with Gasteiger partial charge in [0, 0.05) is 104 Å². The SMILES string of the molecule is CC(C)Oc1ccc(S(=O)(=O)Nc2ccc(I)cc2C(=O)c2ccccc2)cc1.CCNc1ccc(S(=O)(=O)Nc2ccc(Cl)cc2C(=O)c2ccccc2)cc1.CCc1ccc(S(=O)(=O)Nc2ccc(Cl)cc2C(=O)c2cccc(Cl)c2)cc1.COc1ccc(S(=O)(=O)Nc2ccc(Cl)cc2C(=O)c2ccccc2)cc1.Cn1nc(-c2ccc(S(=O)(=O)Nc3ccc(Cl)cc3C(=O)c3ccccc3)s2)cc1C(F)(F)F. The molecule has 25 nitrogen and oxygen atoms in total. The maximum absolute atomic E-state index is 13.1. The molecule has 0 aliphatic heterocycles. The second kappa shape index (κ2) is 49.6. The Labute approximate surface area is 884 Å². The second-order valence-electron chi connectivity index (χ2n) is 31.6. The molecule has 0 bridgehead atoms. The molecule has 0 fully saturated rings. The van der Waals surface area contributed by atoms with E-state index in [0.29, 0.717) is 69.7 Å². The Balaban J connectivity index is 0.000000163. The van der Waals surface area contributed by atoms with E-state index in [0.717, 1.165) is 52.2 Å². The Morgan fingerprint density at radius 2 is 0.699 bits per heavy atom. The molecule has 0 amide bonds. The van der Waals surface area contributed by atoms with E-state index in [2.05, 4.69) is 56.6 Å². The fourth-order valence-corrected chi connectivity index (χ4v) is 21.8. The zero-order valence-corrected chi connectivity index (χ0v) is 88.5. The third kappa shape index (κ3) is 29.9. The Hall–Kier alpha value is -13.5. The number of aromatic nitrogens is 2. The highest BCUT2D eigenvalue weighted by atomic mass is 127. The fraction of sp³-hybridized carbons (Fsp3) is 0.0943.